The summed E-state index contributed by atoms with van der Waals surface area (Å²) in [6.45, 7) is 1.36. The average molecular weight is 531 g/mol. The van der Waals surface area contributed by atoms with Gasteiger partial charge in [0.2, 0.25) is 11.8 Å². The number of piperidine rings is 1. The van der Waals surface area contributed by atoms with Gasteiger partial charge < -0.3 is 9.80 Å². The molecule has 2 amide bonds. The Labute approximate surface area is 225 Å². The van der Waals surface area contributed by atoms with E-state index in [0.29, 0.717) is 34.6 Å². The highest BCUT2D eigenvalue weighted by Crippen LogP contribution is 2.29. The van der Waals surface area contributed by atoms with Gasteiger partial charge in [-0.3, -0.25) is 19.0 Å². The maximum Gasteiger partial charge on any atom is 0.261 e. The Balaban J connectivity index is 1.45. The van der Waals surface area contributed by atoms with Crippen molar-refractivity contribution in [3.63, 3.8) is 0 Å². The molecule has 38 heavy (non-hydrogen) atoms. The van der Waals surface area contributed by atoms with Crippen LogP contribution in [0.25, 0.3) is 10.9 Å². The first-order valence-corrected chi connectivity index (χ1v) is 12.7. The SMILES string of the molecule is CN(Cc1ccc(C#N)c(Cl)c1)C(=O)Cn1cnc2ccc(C3CCN(C(=O)CCC#N)CC3)cc2c1=O. The lowest BCUT2D eigenvalue weighted by Crippen LogP contribution is -2.37. The fourth-order valence-electron chi connectivity index (χ4n) is 4.70. The van der Waals surface area contributed by atoms with Gasteiger partial charge in [0.05, 0.1) is 33.9 Å². The zero-order valence-electron chi connectivity index (χ0n) is 21.1. The Morgan fingerprint density at radius 2 is 1.92 bits per heavy atom. The van der Waals surface area contributed by atoms with Crippen LogP contribution in [0.4, 0.5) is 0 Å². The van der Waals surface area contributed by atoms with Crippen molar-refractivity contribution in [3.05, 3.63) is 74.8 Å². The molecular weight excluding hydrogens is 504 g/mol. The molecule has 0 N–H and O–H groups in total. The number of carbonyl (C=O) groups excluding carboxylic acids is 2. The standard InChI is InChI=1S/C28H27ClN6O3/c1-33(16-19-4-5-22(15-31)24(29)13-19)27(37)17-35-18-32-25-7-6-21(14-23(25)28(35)38)20-8-11-34(12-9-20)26(36)3-2-10-30/h4-7,13-14,18,20H,2-3,8-9,11-12,16-17H2,1H3. The predicted octanol–water partition coefficient (Wildman–Crippen LogP) is 3.59. The Morgan fingerprint density at radius 3 is 2.61 bits per heavy atom. The van der Waals surface area contributed by atoms with Gasteiger partial charge in [-0.15, -0.1) is 0 Å². The minimum Gasteiger partial charge on any atom is -0.343 e. The molecule has 4 rings (SSSR count). The number of benzene rings is 2. The molecule has 1 aliphatic heterocycles. The van der Waals surface area contributed by atoms with Crippen LogP contribution in [0.2, 0.25) is 5.02 Å². The maximum atomic E-state index is 13.3. The first-order chi connectivity index (χ1) is 18.3. The summed E-state index contributed by atoms with van der Waals surface area (Å²) in [5, 5.41) is 18.5. The molecule has 1 fully saturated rings. The van der Waals surface area contributed by atoms with Crippen LogP contribution in [0.15, 0.2) is 47.5 Å². The third kappa shape index (κ3) is 6.01. The number of likely N-dealkylation sites (N-methyl/N-ethyl adjacent to an activating group) is 1. The van der Waals surface area contributed by atoms with E-state index < -0.39 is 0 Å². The zero-order chi connectivity index (χ0) is 27.2. The van der Waals surface area contributed by atoms with Gasteiger partial charge in [0, 0.05) is 39.5 Å². The van der Waals surface area contributed by atoms with Crippen LogP contribution < -0.4 is 5.56 Å². The number of fused-ring (bicyclic) bond motifs is 1. The molecule has 0 atom stereocenters. The molecule has 9 nitrogen and oxygen atoms in total. The van der Waals surface area contributed by atoms with Gasteiger partial charge in [-0.25, -0.2) is 4.98 Å². The van der Waals surface area contributed by atoms with Gasteiger partial charge >= 0.3 is 0 Å². The molecule has 0 aliphatic carbocycles. The molecule has 0 radical (unpaired) electrons. The van der Waals surface area contributed by atoms with Gasteiger partial charge in [0.1, 0.15) is 12.6 Å². The third-order valence-electron chi connectivity index (χ3n) is 6.92. The predicted molar refractivity (Wildman–Crippen MR) is 142 cm³/mol. The molecule has 1 aromatic heterocycles. The lowest BCUT2D eigenvalue weighted by atomic mass is 9.88. The molecule has 0 spiro atoms. The molecule has 2 heterocycles. The van der Waals surface area contributed by atoms with E-state index >= 15 is 0 Å². The van der Waals surface area contributed by atoms with E-state index in [-0.39, 0.29) is 49.2 Å². The van der Waals surface area contributed by atoms with Gasteiger partial charge in [0.15, 0.2) is 0 Å². The van der Waals surface area contributed by atoms with E-state index in [4.69, 9.17) is 22.1 Å². The van der Waals surface area contributed by atoms with Crippen LogP contribution in [-0.2, 0) is 22.7 Å². The Morgan fingerprint density at radius 1 is 1.16 bits per heavy atom. The van der Waals surface area contributed by atoms with Gasteiger partial charge in [-0.2, -0.15) is 10.5 Å². The monoisotopic (exact) mass is 530 g/mol. The number of rotatable bonds is 7. The number of nitriles is 2. The molecule has 2 aromatic carbocycles. The highest BCUT2D eigenvalue weighted by molar-refractivity contribution is 6.31. The normalized spacial score (nSPS) is 13.6. The van der Waals surface area contributed by atoms with Crippen molar-refractivity contribution in [2.75, 3.05) is 20.1 Å². The van der Waals surface area contributed by atoms with Gasteiger partial charge in [0.25, 0.3) is 5.56 Å². The molecule has 1 aliphatic rings. The number of hydrogen-bond acceptors (Lipinski definition) is 6. The first kappa shape index (κ1) is 26.8. The van der Waals surface area contributed by atoms with E-state index in [1.807, 2.05) is 30.3 Å². The second-order valence-corrected chi connectivity index (χ2v) is 9.85. The number of nitrogens with zero attached hydrogens (tertiary/aromatic N) is 6. The van der Waals surface area contributed by atoms with E-state index in [2.05, 4.69) is 4.98 Å². The number of aromatic nitrogens is 2. The molecule has 0 unspecified atom stereocenters. The molecular formula is C28H27ClN6O3. The largest absolute Gasteiger partial charge is 0.343 e. The molecule has 194 valence electrons. The lowest BCUT2D eigenvalue weighted by molar-refractivity contribution is -0.132. The number of amides is 2. The Bertz CT molecular complexity index is 1510. The van der Waals surface area contributed by atoms with Crippen molar-refractivity contribution in [2.45, 2.75) is 44.7 Å². The summed E-state index contributed by atoms with van der Waals surface area (Å²) in [5.41, 5.74) is 2.43. The second-order valence-electron chi connectivity index (χ2n) is 9.44. The van der Waals surface area contributed by atoms with Crippen molar-refractivity contribution in [1.82, 2.24) is 19.4 Å². The van der Waals surface area contributed by atoms with E-state index in [1.54, 1.807) is 30.1 Å². The summed E-state index contributed by atoms with van der Waals surface area (Å²) in [6.07, 6.45) is 3.42. The van der Waals surface area contributed by atoms with Crippen LogP contribution in [0.5, 0.6) is 0 Å². The number of carbonyl (C=O) groups is 2. The summed E-state index contributed by atoms with van der Waals surface area (Å²) < 4.78 is 1.31. The van der Waals surface area contributed by atoms with Crippen LogP contribution in [0, 0.1) is 22.7 Å². The summed E-state index contributed by atoms with van der Waals surface area (Å²) in [4.78, 5) is 46.0. The number of likely N-dealkylation sites (tertiary alicyclic amines) is 1. The summed E-state index contributed by atoms with van der Waals surface area (Å²) in [6, 6.07) is 14.7. The van der Waals surface area contributed by atoms with Crippen molar-refractivity contribution in [3.8, 4) is 12.1 Å². The average Bonchev–Trinajstić information content (AvgIpc) is 2.93. The first-order valence-electron chi connectivity index (χ1n) is 12.4. The molecule has 0 saturated carbocycles. The molecule has 10 heteroatoms. The highest BCUT2D eigenvalue weighted by atomic mass is 35.5. The maximum absolute atomic E-state index is 13.3. The quantitative estimate of drug-likeness (QED) is 0.460. The van der Waals surface area contributed by atoms with Crippen LogP contribution in [0.3, 0.4) is 0 Å². The Kier molecular flexibility index (Phi) is 8.40. The summed E-state index contributed by atoms with van der Waals surface area (Å²) >= 11 is 6.10. The van der Waals surface area contributed by atoms with Crippen LogP contribution in [0.1, 0.15) is 48.3 Å². The van der Waals surface area contributed by atoms with E-state index in [9.17, 15) is 14.4 Å². The van der Waals surface area contributed by atoms with Crippen molar-refractivity contribution in [1.29, 1.82) is 10.5 Å². The molecule has 1 saturated heterocycles. The minimum absolute atomic E-state index is 0.00696. The molecule has 3 aromatic rings. The summed E-state index contributed by atoms with van der Waals surface area (Å²) in [7, 11) is 1.64. The van der Waals surface area contributed by atoms with Crippen LogP contribution in [-0.4, -0.2) is 51.3 Å². The summed E-state index contributed by atoms with van der Waals surface area (Å²) in [5.74, 6) is -0.0506. The van der Waals surface area contributed by atoms with Crippen molar-refractivity contribution < 1.29 is 9.59 Å². The zero-order valence-corrected chi connectivity index (χ0v) is 21.8. The molecule has 0 bridgehead atoms. The number of halogens is 1. The number of hydrogen-bond donors (Lipinski definition) is 0. The second kappa shape index (κ2) is 11.9. The van der Waals surface area contributed by atoms with E-state index in [1.165, 1.54) is 15.8 Å². The fourth-order valence-corrected chi connectivity index (χ4v) is 4.95. The lowest BCUT2D eigenvalue weighted by Gasteiger charge is -2.32. The minimum atomic E-state index is -0.288. The third-order valence-corrected chi connectivity index (χ3v) is 7.24. The fraction of sp³-hybridized carbons (Fsp3) is 0.357. The highest BCUT2D eigenvalue weighted by Gasteiger charge is 2.24. The Hall–Kier alpha value is -4.21. The van der Waals surface area contributed by atoms with Crippen molar-refractivity contribution in [2.24, 2.45) is 0 Å². The van der Waals surface area contributed by atoms with E-state index in [0.717, 1.165) is 24.0 Å². The van der Waals surface area contributed by atoms with Gasteiger partial charge in [-0.05, 0) is 54.2 Å². The van der Waals surface area contributed by atoms with Crippen molar-refractivity contribution >= 4 is 34.3 Å². The van der Waals surface area contributed by atoms with Crippen LogP contribution >= 0.6 is 11.6 Å². The smallest absolute Gasteiger partial charge is 0.261 e. The van der Waals surface area contributed by atoms with Gasteiger partial charge in [-0.1, -0.05) is 23.7 Å². The topological polar surface area (TPSA) is 123 Å².